The highest BCUT2D eigenvalue weighted by Crippen LogP contribution is 2.34. The topological polar surface area (TPSA) is 53.2 Å². The van der Waals surface area contributed by atoms with Gasteiger partial charge in [0, 0.05) is 23.0 Å². The van der Waals surface area contributed by atoms with Crippen molar-refractivity contribution in [1.29, 1.82) is 0 Å². The summed E-state index contributed by atoms with van der Waals surface area (Å²) >= 11 is 0. The van der Waals surface area contributed by atoms with Crippen LogP contribution in [0.5, 0.6) is 5.75 Å². The first-order valence-corrected chi connectivity index (χ1v) is 11.3. The lowest BCUT2D eigenvalue weighted by atomic mass is 10.0. The number of aromatic nitrogens is 2. The van der Waals surface area contributed by atoms with Gasteiger partial charge in [-0.3, -0.25) is 9.36 Å². The predicted molar refractivity (Wildman–Crippen MR) is 134 cm³/mol. The third-order valence-electron chi connectivity index (χ3n) is 6.04. The van der Waals surface area contributed by atoms with E-state index in [-0.39, 0.29) is 22.6 Å². The lowest BCUT2D eigenvalue weighted by molar-refractivity contribution is -0.138. The first-order chi connectivity index (χ1) is 18.0. The monoisotopic (exact) mass is 528 g/mol. The molecule has 0 saturated carbocycles. The fourth-order valence-corrected chi connectivity index (χ4v) is 4.13. The summed E-state index contributed by atoms with van der Waals surface area (Å²) in [5.41, 5.74) is -4.04. The Kier molecular flexibility index (Phi) is 7.34. The molecule has 0 radical (unpaired) electrons. The van der Waals surface area contributed by atoms with Gasteiger partial charge in [-0.1, -0.05) is 48.5 Å². The molecule has 1 heterocycles. The Bertz CT molecular complexity index is 1640. The minimum Gasteiger partial charge on any atom is -0.494 e. The van der Waals surface area contributed by atoms with E-state index in [0.717, 1.165) is 22.9 Å². The molecule has 0 atom stereocenters. The number of ether oxygens (including phenoxy) is 1. The smallest absolute Gasteiger partial charge is 0.416 e. The third-order valence-corrected chi connectivity index (χ3v) is 6.04. The van der Waals surface area contributed by atoms with E-state index in [2.05, 4.69) is 0 Å². The van der Waals surface area contributed by atoms with Gasteiger partial charge in [0.05, 0.1) is 24.8 Å². The van der Waals surface area contributed by atoms with Gasteiger partial charge in [0.25, 0.3) is 5.56 Å². The molecule has 4 rings (SSSR count). The maximum absolute atomic E-state index is 15.3. The zero-order valence-corrected chi connectivity index (χ0v) is 20.2. The lowest BCUT2D eigenvalue weighted by Gasteiger charge is -2.19. The van der Waals surface area contributed by atoms with Crippen LogP contribution in [0.2, 0.25) is 0 Å². The molecule has 0 saturated heterocycles. The molecule has 3 aromatic carbocycles. The molecule has 0 aliphatic heterocycles. The van der Waals surface area contributed by atoms with Gasteiger partial charge in [0.15, 0.2) is 11.6 Å². The van der Waals surface area contributed by atoms with Crippen LogP contribution in [0.1, 0.15) is 22.4 Å². The number of rotatable bonds is 6. The summed E-state index contributed by atoms with van der Waals surface area (Å²) in [6.07, 6.45) is -2.32. The Morgan fingerprint density at radius 2 is 1.61 bits per heavy atom. The zero-order chi connectivity index (χ0) is 27.6. The number of benzene rings is 3. The first-order valence-electron chi connectivity index (χ1n) is 11.3. The highest BCUT2D eigenvalue weighted by Gasteiger charge is 2.35. The molecule has 0 bridgehead atoms. The Balaban J connectivity index is 2.03. The van der Waals surface area contributed by atoms with Crippen LogP contribution in [0.15, 0.2) is 76.3 Å². The quantitative estimate of drug-likeness (QED) is 0.290. The maximum Gasteiger partial charge on any atom is 0.416 e. The van der Waals surface area contributed by atoms with Crippen molar-refractivity contribution in [3.05, 3.63) is 122 Å². The average molecular weight is 528 g/mol. The van der Waals surface area contributed by atoms with Gasteiger partial charge in [-0.25, -0.2) is 18.1 Å². The predicted octanol–water partition coefficient (Wildman–Crippen LogP) is 5.97. The molecule has 0 aliphatic carbocycles. The van der Waals surface area contributed by atoms with Crippen LogP contribution in [0, 0.1) is 18.6 Å². The van der Waals surface area contributed by atoms with E-state index in [4.69, 9.17) is 4.74 Å². The fourth-order valence-electron chi connectivity index (χ4n) is 4.13. The van der Waals surface area contributed by atoms with Crippen molar-refractivity contribution in [3.63, 3.8) is 0 Å². The molecule has 0 fully saturated rings. The number of nitrogens with zero attached hydrogens (tertiary/aromatic N) is 2. The van der Waals surface area contributed by atoms with Crippen molar-refractivity contribution in [3.8, 4) is 16.9 Å². The standard InChI is InChI=1S/C28H21F5N2O3/c1-17-24(19-10-6-13-23(38-2)25(19)30)26(36)34(15-14-18-8-4-3-5-9-18)27(37)35(17)16-20-21(28(31,32)33)11-7-12-22(20)29/h3-15H,16H2,1-2H3/b15-14+. The number of halogens is 5. The second-order valence-electron chi connectivity index (χ2n) is 8.32. The molecule has 38 heavy (non-hydrogen) atoms. The summed E-state index contributed by atoms with van der Waals surface area (Å²) in [7, 11) is 1.23. The SMILES string of the molecule is COc1cccc(-c2c(C)n(Cc3c(F)cccc3C(F)(F)F)c(=O)n(/C=C/c3ccccc3)c2=O)c1F. The van der Waals surface area contributed by atoms with Crippen LogP contribution in [-0.4, -0.2) is 16.2 Å². The van der Waals surface area contributed by atoms with Crippen LogP contribution in [0.25, 0.3) is 23.4 Å². The Hall–Kier alpha value is -4.47. The molecule has 5 nitrogen and oxygen atoms in total. The molecular formula is C28H21F5N2O3. The highest BCUT2D eigenvalue weighted by molar-refractivity contribution is 5.69. The molecule has 0 N–H and O–H groups in total. The second-order valence-corrected chi connectivity index (χ2v) is 8.32. The van der Waals surface area contributed by atoms with E-state index in [1.165, 1.54) is 38.3 Å². The maximum atomic E-state index is 15.3. The number of hydrogen-bond acceptors (Lipinski definition) is 3. The number of alkyl halides is 3. The van der Waals surface area contributed by atoms with Gasteiger partial charge < -0.3 is 4.74 Å². The van der Waals surface area contributed by atoms with E-state index < -0.39 is 46.7 Å². The van der Waals surface area contributed by atoms with Gasteiger partial charge in [0.2, 0.25) is 0 Å². The van der Waals surface area contributed by atoms with Crippen molar-refractivity contribution < 1.29 is 26.7 Å². The molecule has 0 aliphatic rings. The van der Waals surface area contributed by atoms with E-state index >= 15 is 4.39 Å². The summed E-state index contributed by atoms with van der Waals surface area (Å²) in [6.45, 7) is 0.431. The summed E-state index contributed by atoms with van der Waals surface area (Å²) in [4.78, 5) is 27.0. The van der Waals surface area contributed by atoms with Crippen LogP contribution < -0.4 is 16.0 Å². The van der Waals surface area contributed by atoms with Crippen molar-refractivity contribution >= 4 is 12.3 Å². The summed E-state index contributed by atoms with van der Waals surface area (Å²) < 4.78 is 77.5. The van der Waals surface area contributed by atoms with Crippen LogP contribution in [0.3, 0.4) is 0 Å². The minimum atomic E-state index is -4.90. The van der Waals surface area contributed by atoms with Crippen LogP contribution in [-0.2, 0) is 12.7 Å². The Labute approximate surface area is 213 Å². The number of hydrogen-bond donors (Lipinski definition) is 0. The van der Waals surface area contributed by atoms with Crippen molar-refractivity contribution in [2.45, 2.75) is 19.6 Å². The van der Waals surface area contributed by atoms with Gasteiger partial charge in [-0.2, -0.15) is 13.2 Å². The molecule has 196 valence electrons. The first kappa shape index (κ1) is 26.6. The van der Waals surface area contributed by atoms with Crippen LogP contribution in [0.4, 0.5) is 22.0 Å². The summed E-state index contributed by atoms with van der Waals surface area (Å²) in [5.74, 6) is -2.27. The van der Waals surface area contributed by atoms with Crippen molar-refractivity contribution in [2.24, 2.45) is 0 Å². The lowest BCUT2D eigenvalue weighted by Crippen LogP contribution is -2.40. The molecule has 10 heteroatoms. The van der Waals surface area contributed by atoms with E-state index in [9.17, 15) is 27.2 Å². The van der Waals surface area contributed by atoms with Crippen LogP contribution >= 0.6 is 0 Å². The largest absolute Gasteiger partial charge is 0.494 e. The van der Waals surface area contributed by atoms with Gasteiger partial charge in [-0.05, 0) is 36.8 Å². The highest BCUT2D eigenvalue weighted by atomic mass is 19.4. The van der Waals surface area contributed by atoms with E-state index in [1.807, 2.05) is 0 Å². The zero-order valence-electron chi connectivity index (χ0n) is 20.2. The minimum absolute atomic E-state index is 0.145. The van der Waals surface area contributed by atoms with Crippen molar-refractivity contribution in [2.75, 3.05) is 7.11 Å². The van der Waals surface area contributed by atoms with E-state index in [1.54, 1.807) is 30.3 Å². The Morgan fingerprint density at radius 1 is 0.921 bits per heavy atom. The van der Waals surface area contributed by atoms with Gasteiger partial charge in [0.1, 0.15) is 5.82 Å². The second kappa shape index (κ2) is 10.5. The normalized spacial score (nSPS) is 11.8. The van der Waals surface area contributed by atoms with E-state index in [0.29, 0.717) is 16.2 Å². The fraction of sp³-hybridized carbons (Fsp3) is 0.143. The summed E-state index contributed by atoms with van der Waals surface area (Å²) in [6, 6.07) is 15.1. The van der Waals surface area contributed by atoms with Gasteiger partial charge in [-0.15, -0.1) is 0 Å². The number of methoxy groups -OCH3 is 1. The van der Waals surface area contributed by atoms with Crippen molar-refractivity contribution in [1.82, 2.24) is 9.13 Å². The van der Waals surface area contributed by atoms with Gasteiger partial charge >= 0.3 is 11.9 Å². The molecule has 1 aromatic heterocycles. The molecule has 0 spiro atoms. The summed E-state index contributed by atoms with van der Waals surface area (Å²) in [5, 5.41) is 0. The molecule has 4 aromatic rings. The molecule has 0 amide bonds. The third kappa shape index (κ3) is 5.02. The molecular weight excluding hydrogens is 507 g/mol. The molecule has 0 unspecified atom stereocenters. The average Bonchev–Trinajstić information content (AvgIpc) is 2.88. The Morgan fingerprint density at radius 3 is 2.26 bits per heavy atom.